The van der Waals surface area contributed by atoms with E-state index in [9.17, 15) is 9.59 Å². The van der Waals surface area contributed by atoms with Crippen LogP contribution in [0.3, 0.4) is 0 Å². The first kappa shape index (κ1) is 18.8. The summed E-state index contributed by atoms with van der Waals surface area (Å²) in [5.41, 5.74) is 8.61. The molecule has 0 radical (unpaired) electrons. The van der Waals surface area contributed by atoms with E-state index in [1.165, 1.54) is 0 Å². The molecule has 122 valence electrons. The molecule has 2 rings (SSSR count). The summed E-state index contributed by atoms with van der Waals surface area (Å²) in [7, 11) is 0. The van der Waals surface area contributed by atoms with Crippen LogP contribution in [0, 0.1) is 0 Å². The van der Waals surface area contributed by atoms with Gasteiger partial charge < -0.3 is 16.0 Å². The Morgan fingerprint density at radius 2 is 2.18 bits per heavy atom. The first-order valence-electron chi connectivity index (χ1n) is 6.99. The quantitative estimate of drug-likeness (QED) is 0.857. The number of carbonyl (C=O) groups is 2. The van der Waals surface area contributed by atoms with Crippen molar-refractivity contribution in [2.24, 2.45) is 5.73 Å². The molecule has 1 aromatic rings. The Morgan fingerprint density at radius 3 is 2.82 bits per heavy atom. The van der Waals surface area contributed by atoms with E-state index in [0.29, 0.717) is 13.0 Å². The number of nitrogens with two attached hydrogens (primary N) is 1. The third-order valence-corrected chi connectivity index (χ3v) is 4.24. The summed E-state index contributed by atoms with van der Waals surface area (Å²) in [4.78, 5) is 25.2. The van der Waals surface area contributed by atoms with Crippen LogP contribution in [0.4, 0.5) is 11.4 Å². The van der Waals surface area contributed by atoms with Gasteiger partial charge in [0.05, 0.1) is 6.04 Å². The number of anilines is 2. The van der Waals surface area contributed by atoms with Crippen LogP contribution in [0.25, 0.3) is 0 Å². The smallest absolute Gasteiger partial charge is 0.241 e. The number of thioether (sulfide) groups is 1. The van der Waals surface area contributed by atoms with Gasteiger partial charge in [0.2, 0.25) is 11.8 Å². The Hall–Kier alpha value is -1.24. The fourth-order valence-corrected chi connectivity index (χ4v) is 2.91. The van der Waals surface area contributed by atoms with Crippen LogP contribution in [-0.2, 0) is 16.0 Å². The van der Waals surface area contributed by atoms with E-state index in [0.717, 1.165) is 29.1 Å². The first-order valence-corrected chi connectivity index (χ1v) is 8.38. The lowest BCUT2D eigenvalue weighted by atomic mass is 10.1. The number of nitrogens with zero attached hydrogens (tertiary/aromatic N) is 1. The molecule has 22 heavy (non-hydrogen) atoms. The molecular formula is C15H22ClN3O2S. The van der Waals surface area contributed by atoms with Crippen molar-refractivity contribution in [1.29, 1.82) is 0 Å². The van der Waals surface area contributed by atoms with E-state index in [2.05, 4.69) is 5.32 Å². The van der Waals surface area contributed by atoms with Crippen LogP contribution in [0.5, 0.6) is 0 Å². The minimum absolute atomic E-state index is 0. The monoisotopic (exact) mass is 343 g/mol. The number of benzene rings is 1. The molecule has 1 heterocycles. The van der Waals surface area contributed by atoms with Gasteiger partial charge in [-0.3, -0.25) is 9.59 Å². The van der Waals surface area contributed by atoms with Gasteiger partial charge in [-0.1, -0.05) is 0 Å². The Balaban J connectivity index is 0.00000242. The van der Waals surface area contributed by atoms with Gasteiger partial charge in [-0.2, -0.15) is 11.8 Å². The molecule has 1 aliphatic rings. The van der Waals surface area contributed by atoms with Gasteiger partial charge in [-0.05, 0) is 48.6 Å². The van der Waals surface area contributed by atoms with E-state index in [-0.39, 0.29) is 24.2 Å². The summed E-state index contributed by atoms with van der Waals surface area (Å²) in [6, 6.07) is 5.14. The second-order valence-corrected chi connectivity index (χ2v) is 6.13. The zero-order valence-corrected chi connectivity index (χ0v) is 14.4. The Kier molecular flexibility index (Phi) is 7.19. The molecule has 1 aliphatic heterocycles. The summed E-state index contributed by atoms with van der Waals surface area (Å²) < 4.78 is 0. The molecule has 0 bridgehead atoms. The van der Waals surface area contributed by atoms with Crippen LogP contribution in [0.15, 0.2) is 18.2 Å². The predicted molar refractivity (Wildman–Crippen MR) is 95.0 cm³/mol. The highest BCUT2D eigenvalue weighted by Gasteiger charge is 2.22. The van der Waals surface area contributed by atoms with Gasteiger partial charge in [0, 0.05) is 24.8 Å². The standard InChI is InChI=1S/C15H21N3O2S.ClH/c1-10(19)18-7-5-11-9-12(3-4-14(11)18)17-15(20)13(16)6-8-21-2;/h3-4,9,13H,5-8,16H2,1-2H3,(H,17,20);1H/t13-;/m0./s1. The zero-order valence-electron chi connectivity index (χ0n) is 12.8. The maximum atomic E-state index is 12.0. The molecule has 0 aliphatic carbocycles. The van der Waals surface area contributed by atoms with Gasteiger partial charge in [0.15, 0.2) is 0 Å². The van der Waals surface area contributed by atoms with E-state index in [1.807, 2.05) is 24.5 Å². The summed E-state index contributed by atoms with van der Waals surface area (Å²) in [5, 5.41) is 2.85. The molecular weight excluding hydrogens is 322 g/mol. The molecule has 1 atom stereocenters. The number of nitrogens with one attached hydrogen (secondary N) is 1. The lowest BCUT2D eigenvalue weighted by molar-refractivity contribution is -0.117. The number of carbonyl (C=O) groups excluding carboxylic acids is 2. The van der Waals surface area contributed by atoms with Gasteiger partial charge in [-0.25, -0.2) is 0 Å². The van der Waals surface area contributed by atoms with Gasteiger partial charge in [0.25, 0.3) is 0 Å². The number of hydrogen-bond acceptors (Lipinski definition) is 4. The minimum Gasteiger partial charge on any atom is -0.325 e. The van der Waals surface area contributed by atoms with Crippen molar-refractivity contribution in [3.63, 3.8) is 0 Å². The van der Waals surface area contributed by atoms with Crippen LogP contribution >= 0.6 is 24.2 Å². The third-order valence-electron chi connectivity index (χ3n) is 3.59. The maximum Gasteiger partial charge on any atom is 0.241 e. The second kappa shape index (κ2) is 8.41. The van der Waals surface area contributed by atoms with Crippen LogP contribution in [0.2, 0.25) is 0 Å². The highest BCUT2D eigenvalue weighted by molar-refractivity contribution is 7.98. The van der Waals surface area contributed by atoms with Crippen molar-refractivity contribution in [3.8, 4) is 0 Å². The van der Waals surface area contributed by atoms with Crippen LogP contribution < -0.4 is 16.0 Å². The first-order chi connectivity index (χ1) is 10.0. The summed E-state index contributed by atoms with van der Waals surface area (Å²) in [6.07, 6.45) is 3.47. The molecule has 0 saturated heterocycles. The molecule has 0 fully saturated rings. The van der Waals surface area contributed by atoms with Gasteiger partial charge >= 0.3 is 0 Å². The minimum atomic E-state index is -0.487. The maximum absolute atomic E-state index is 12.0. The molecule has 7 heteroatoms. The van der Waals surface area contributed by atoms with Crippen molar-refractivity contribution >= 4 is 47.4 Å². The van der Waals surface area contributed by atoms with Crippen LogP contribution in [-0.4, -0.2) is 36.4 Å². The molecule has 2 amide bonds. The summed E-state index contributed by atoms with van der Waals surface area (Å²) in [6.45, 7) is 2.27. The van der Waals surface area contributed by atoms with E-state index in [4.69, 9.17) is 5.73 Å². The molecule has 0 aromatic heterocycles. The van der Waals surface area contributed by atoms with Gasteiger partial charge in [-0.15, -0.1) is 12.4 Å². The van der Waals surface area contributed by atoms with Crippen molar-refractivity contribution < 1.29 is 9.59 Å². The number of halogens is 1. The number of amides is 2. The molecule has 3 N–H and O–H groups in total. The molecule has 0 spiro atoms. The second-order valence-electron chi connectivity index (χ2n) is 5.14. The third kappa shape index (κ3) is 4.38. The van der Waals surface area contributed by atoms with Crippen molar-refractivity contribution in [2.45, 2.75) is 25.8 Å². The van der Waals surface area contributed by atoms with Crippen LogP contribution in [0.1, 0.15) is 18.9 Å². The van der Waals surface area contributed by atoms with E-state index >= 15 is 0 Å². The SMILES string of the molecule is CSCC[C@H](N)C(=O)Nc1ccc2c(c1)CCN2C(C)=O.Cl. The fourth-order valence-electron chi connectivity index (χ4n) is 2.42. The average molecular weight is 344 g/mol. The lowest BCUT2D eigenvalue weighted by Gasteiger charge is -2.16. The Morgan fingerprint density at radius 1 is 1.45 bits per heavy atom. The predicted octanol–water partition coefficient (Wildman–Crippen LogP) is 2.04. The molecule has 5 nitrogen and oxygen atoms in total. The van der Waals surface area contributed by atoms with E-state index in [1.54, 1.807) is 23.6 Å². The number of rotatable bonds is 5. The zero-order chi connectivity index (χ0) is 15.4. The average Bonchev–Trinajstić information content (AvgIpc) is 2.87. The van der Waals surface area contributed by atoms with Crippen molar-refractivity contribution in [1.82, 2.24) is 0 Å². The highest BCUT2D eigenvalue weighted by Crippen LogP contribution is 2.30. The lowest BCUT2D eigenvalue weighted by Crippen LogP contribution is -2.36. The Labute approximate surface area is 141 Å². The topological polar surface area (TPSA) is 75.4 Å². The Bertz CT molecular complexity index is 554. The molecule has 1 aromatic carbocycles. The molecule has 0 unspecified atom stereocenters. The number of fused-ring (bicyclic) bond motifs is 1. The largest absolute Gasteiger partial charge is 0.325 e. The highest BCUT2D eigenvalue weighted by atomic mass is 35.5. The fraction of sp³-hybridized carbons (Fsp3) is 0.467. The van der Waals surface area contributed by atoms with Crippen molar-refractivity contribution in [2.75, 3.05) is 28.8 Å². The summed E-state index contributed by atoms with van der Waals surface area (Å²) >= 11 is 1.68. The van der Waals surface area contributed by atoms with Crippen molar-refractivity contribution in [3.05, 3.63) is 23.8 Å². The molecule has 0 saturated carbocycles. The summed E-state index contributed by atoms with van der Waals surface area (Å²) in [5.74, 6) is 0.752. The van der Waals surface area contributed by atoms with Gasteiger partial charge in [0.1, 0.15) is 0 Å². The van der Waals surface area contributed by atoms with E-state index < -0.39 is 6.04 Å². The number of hydrogen-bond donors (Lipinski definition) is 2. The normalized spacial score (nSPS) is 14.0.